The molecule has 1 unspecified atom stereocenters. The Morgan fingerprint density at radius 3 is 2.58 bits per heavy atom. The predicted molar refractivity (Wildman–Crippen MR) is 143 cm³/mol. The largest absolute Gasteiger partial charge is 0.511 e. The first-order valence-corrected chi connectivity index (χ1v) is 12.0. The highest BCUT2D eigenvalue weighted by Crippen LogP contribution is 2.43. The first-order chi connectivity index (χ1) is 18.4. The molecule has 38 heavy (non-hydrogen) atoms. The van der Waals surface area contributed by atoms with Gasteiger partial charge in [0.25, 0.3) is 0 Å². The van der Waals surface area contributed by atoms with Crippen LogP contribution in [-0.4, -0.2) is 34.0 Å². The van der Waals surface area contributed by atoms with Gasteiger partial charge in [0.05, 0.1) is 27.9 Å². The van der Waals surface area contributed by atoms with Gasteiger partial charge in [0, 0.05) is 34.5 Å². The van der Waals surface area contributed by atoms with E-state index in [1.807, 2.05) is 0 Å². The second-order valence-electron chi connectivity index (χ2n) is 8.02. The molecule has 0 spiro atoms. The van der Waals surface area contributed by atoms with E-state index >= 15 is 0 Å². The summed E-state index contributed by atoms with van der Waals surface area (Å²) >= 11 is 13.4. The Morgan fingerprint density at radius 1 is 1.08 bits per heavy atom. The molecule has 0 saturated carbocycles. The van der Waals surface area contributed by atoms with Gasteiger partial charge in [0.1, 0.15) is 5.52 Å². The number of ether oxygens (including phenoxy) is 3. The predicted octanol–water partition coefficient (Wildman–Crippen LogP) is 7.37. The van der Waals surface area contributed by atoms with Crippen LogP contribution in [0.3, 0.4) is 0 Å². The number of fused-ring (bicyclic) bond motifs is 1. The van der Waals surface area contributed by atoms with Crippen molar-refractivity contribution in [2.45, 2.75) is 26.0 Å². The molecule has 11 nitrogen and oxygen atoms in total. The number of hydrogen-bond donors (Lipinski definition) is 1. The van der Waals surface area contributed by atoms with E-state index in [1.54, 1.807) is 74.9 Å². The monoisotopic (exact) mass is 553 g/mol. The number of nitrogens with zero attached hydrogens (tertiary/aromatic N) is 6. The molecular weight excluding hydrogens is 533 g/mol. The lowest BCUT2D eigenvalue weighted by Gasteiger charge is -2.25. The van der Waals surface area contributed by atoms with Crippen LogP contribution in [0.4, 0.5) is 16.4 Å². The van der Waals surface area contributed by atoms with Crippen LogP contribution in [0.25, 0.3) is 21.3 Å². The molecule has 1 atom stereocenters. The summed E-state index contributed by atoms with van der Waals surface area (Å²) in [6.07, 6.45) is 3.49. The summed E-state index contributed by atoms with van der Waals surface area (Å²) in [5, 5.41) is 8.11. The van der Waals surface area contributed by atoms with Crippen LogP contribution < -0.4 is 10.1 Å². The zero-order valence-electron chi connectivity index (χ0n) is 20.2. The molecule has 13 heteroatoms. The average Bonchev–Trinajstić information content (AvgIpc) is 2.90. The summed E-state index contributed by atoms with van der Waals surface area (Å²) in [6, 6.07) is 11.1. The molecule has 0 aliphatic rings. The second kappa shape index (κ2) is 12.3. The van der Waals surface area contributed by atoms with Crippen molar-refractivity contribution in [3.63, 3.8) is 0 Å². The molecule has 194 valence electrons. The lowest BCUT2D eigenvalue weighted by atomic mass is 9.95. The average molecular weight is 554 g/mol. The Morgan fingerprint density at radius 2 is 1.84 bits per heavy atom. The molecule has 0 saturated heterocycles. The zero-order chi connectivity index (χ0) is 27.1. The standard InChI is InChI=1S/C25H21Cl2N7O4/c1-14(2)38-25(35)37-13-36-23-17(12-18(26)15-7-4-9-29-22(15)23)21(32-24-30-10-5-11-31-24)16-6-3-8-19(20(16)27)33-34-28/h3-12,14,21H,13H2,1-2H3,(H,30,31,32). The number of carbonyl (C=O) groups is 1. The summed E-state index contributed by atoms with van der Waals surface area (Å²) in [5.41, 5.74) is 10.6. The van der Waals surface area contributed by atoms with E-state index in [1.165, 1.54) is 0 Å². The van der Waals surface area contributed by atoms with Crippen LogP contribution in [0.15, 0.2) is 66.2 Å². The molecule has 0 aliphatic carbocycles. The number of anilines is 1. The normalized spacial score (nSPS) is 11.5. The molecule has 1 N–H and O–H groups in total. The third kappa shape index (κ3) is 6.15. The summed E-state index contributed by atoms with van der Waals surface area (Å²) in [7, 11) is 0. The maximum absolute atomic E-state index is 11.9. The van der Waals surface area contributed by atoms with Gasteiger partial charge in [-0.25, -0.2) is 14.8 Å². The van der Waals surface area contributed by atoms with Gasteiger partial charge in [-0.15, -0.1) is 0 Å². The molecule has 0 aliphatic heterocycles. The number of carbonyl (C=O) groups excluding carboxylic acids is 1. The van der Waals surface area contributed by atoms with Crippen molar-refractivity contribution >= 4 is 51.9 Å². The van der Waals surface area contributed by atoms with Crippen molar-refractivity contribution < 1.29 is 19.0 Å². The molecule has 0 amide bonds. The minimum atomic E-state index is -0.884. The molecule has 2 aromatic carbocycles. The number of nitrogens with one attached hydrogen (secondary N) is 1. The first kappa shape index (κ1) is 26.7. The molecule has 2 aromatic heterocycles. The molecule has 0 radical (unpaired) electrons. The van der Waals surface area contributed by atoms with Crippen molar-refractivity contribution in [3.8, 4) is 5.75 Å². The lowest BCUT2D eigenvalue weighted by molar-refractivity contribution is -0.00807. The molecule has 4 rings (SSSR count). The highest BCUT2D eigenvalue weighted by atomic mass is 35.5. The third-order valence-corrected chi connectivity index (χ3v) is 5.88. The topological polar surface area (TPSA) is 144 Å². The second-order valence-corrected chi connectivity index (χ2v) is 8.80. The van der Waals surface area contributed by atoms with Crippen LogP contribution in [0.1, 0.15) is 31.0 Å². The number of pyridine rings is 1. The van der Waals surface area contributed by atoms with E-state index in [0.717, 1.165) is 0 Å². The number of benzene rings is 2. The van der Waals surface area contributed by atoms with Crippen molar-refractivity contribution in [1.29, 1.82) is 0 Å². The van der Waals surface area contributed by atoms with Crippen molar-refractivity contribution in [1.82, 2.24) is 15.0 Å². The number of halogens is 2. The lowest BCUT2D eigenvalue weighted by Crippen LogP contribution is -2.19. The highest BCUT2D eigenvalue weighted by molar-refractivity contribution is 6.36. The summed E-state index contributed by atoms with van der Waals surface area (Å²) < 4.78 is 16.1. The fourth-order valence-electron chi connectivity index (χ4n) is 3.64. The van der Waals surface area contributed by atoms with E-state index < -0.39 is 19.0 Å². The maximum atomic E-state index is 11.9. The quantitative estimate of drug-likeness (QED) is 0.0742. The van der Waals surface area contributed by atoms with Crippen LogP contribution in [0, 0.1) is 0 Å². The summed E-state index contributed by atoms with van der Waals surface area (Å²) in [6.45, 7) is 2.94. The molecule has 0 fully saturated rings. The molecular formula is C25H21Cl2N7O4. The highest BCUT2D eigenvalue weighted by Gasteiger charge is 2.26. The van der Waals surface area contributed by atoms with Gasteiger partial charge in [-0.3, -0.25) is 4.98 Å². The van der Waals surface area contributed by atoms with E-state index in [0.29, 0.717) is 27.1 Å². The third-order valence-electron chi connectivity index (χ3n) is 5.16. The van der Waals surface area contributed by atoms with E-state index in [2.05, 4.69) is 30.3 Å². The van der Waals surface area contributed by atoms with Crippen molar-refractivity contribution in [3.05, 3.63) is 92.7 Å². The number of azide groups is 1. The van der Waals surface area contributed by atoms with Crippen molar-refractivity contribution in [2.75, 3.05) is 12.1 Å². The van der Waals surface area contributed by atoms with Gasteiger partial charge in [0.2, 0.25) is 12.7 Å². The summed E-state index contributed by atoms with van der Waals surface area (Å²) in [5.74, 6) is 0.545. The molecule has 0 bridgehead atoms. The minimum absolute atomic E-state index is 0.193. The van der Waals surface area contributed by atoms with Crippen LogP contribution in [0.5, 0.6) is 5.75 Å². The van der Waals surface area contributed by atoms with Gasteiger partial charge >= 0.3 is 6.16 Å². The zero-order valence-corrected chi connectivity index (χ0v) is 21.7. The Labute approximate surface area is 227 Å². The van der Waals surface area contributed by atoms with Crippen LogP contribution >= 0.6 is 23.2 Å². The Balaban J connectivity index is 1.87. The van der Waals surface area contributed by atoms with Crippen molar-refractivity contribution in [2.24, 2.45) is 5.11 Å². The molecule has 2 heterocycles. The smallest absolute Gasteiger partial charge is 0.455 e. The van der Waals surface area contributed by atoms with Crippen LogP contribution in [-0.2, 0) is 9.47 Å². The Kier molecular flexibility index (Phi) is 8.65. The van der Waals surface area contributed by atoms with Gasteiger partial charge in [-0.1, -0.05) is 46.5 Å². The number of aromatic nitrogens is 3. The van der Waals surface area contributed by atoms with E-state index in [9.17, 15) is 4.79 Å². The van der Waals surface area contributed by atoms with Crippen LogP contribution in [0.2, 0.25) is 10.0 Å². The van der Waals surface area contributed by atoms with Gasteiger partial charge in [-0.2, -0.15) is 0 Å². The fourth-order valence-corrected chi connectivity index (χ4v) is 4.18. The minimum Gasteiger partial charge on any atom is -0.455 e. The maximum Gasteiger partial charge on any atom is 0.511 e. The Hall–Kier alpha value is -4.31. The summed E-state index contributed by atoms with van der Waals surface area (Å²) in [4.78, 5) is 27.8. The Bertz CT molecular complexity index is 1500. The fraction of sp³-hybridized carbons (Fsp3) is 0.200. The van der Waals surface area contributed by atoms with Gasteiger partial charge in [-0.05, 0) is 49.2 Å². The SMILES string of the molecule is CC(C)OC(=O)OCOc1c(C(Nc2ncccn2)c2cccc(N=[N+]=[N-])c2Cl)cc(Cl)c2cccnc12. The van der Waals surface area contributed by atoms with E-state index in [4.69, 9.17) is 42.9 Å². The number of rotatable bonds is 9. The van der Waals surface area contributed by atoms with Gasteiger partial charge in [0.15, 0.2) is 5.75 Å². The number of hydrogen-bond acceptors (Lipinski definition) is 9. The van der Waals surface area contributed by atoms with Gasteiger partial charge < -0.3 is 19.5 Å². The molecule has 4 aromatic rings. The first-order valence-electron chi connectivity index (χ1n) is 11.3. The van der Waals surface area contributed by atoms with E-state index in [-0.39, 0.29) is 28.5 Å².